The van der Waals surface area contributed by atoms with Gasteiger partial charge >= 0.3 is 0 Å². The van der Waals surface area contributed by atoms with E-state index in [2.05, 4.69) is 51.1 Å². The molecule has 1 fully saturated rings. The maximum atomic E-state index is 15.6. The van der Waals surface area contributed by atoms with Crippen LogP contribution >= 0.6 is 11.9 Å². The molecule has 8 heteroatoms. The van der Waals surface area contributed by atoms with Gasteiger partial charge in [-0.25, -0.2) is 9.07 Å². The predicted octanol–water partition coefficient (Wildman–Crippen LogP) is 5.62. The Morgan fingerprint density at radius 3 is 2.46 bits per heavy atom. The monoisotopic (exact) mass is 488 g/mol. The molecule has 0 spiro atoms. The molecule has 0 unspecified atom stereocenters. The van der Waals surface area contributed by atoms with Gasteiger partial charge in [0.15, 0.2) is 5.82 Å². The van der Waals surface area contributed by atoms with Crippen molar-refractivity contribution in [3.63, 3.8) is 0 Å². The van der Waals surface area contributed by atoms with Gasteiger partial charge in [-0.3, -0.25) is 4.98 Å². The molecule has 0 bridgehead atoms. The van der Waals surface area contributed by atoms with E-state index < -0.39 is 0 Å². The van der Waals surface area contributed by atoms with Crippen LogP contribution in [0.3, 0.4) is 0 Å². The van der Waals surface area contributed by atoms with Crippen molar-refractivity contribution in [2.24, 2.45) is 0 Å². The average molecular weight is 489 g/mol. The molecule has 1 aliphatic heterocycles. The van der Waals surface area contributed by atoms with Crippen molar-refractivity contribution in [3.05, 3.63) is 79.0 Å². The highest BCUT2D eigenvalue weighted by molar-refractivity contribution is 8.00. The van der Waals surface area contributed by atoms with E-state index in [1.165, 1.54) is 17.6 Å². The molecule has 0 radical (unpaired) electrons. The van der Waals surface area contributed by atoms with Crippen LogP contribution < -0.4 is 14.9 Å². The Kier molecular flexibility index (Phi) is 7.30. The molecule has 0 amide bonds. The molecule has 35 heavy (non-hydrogen) atoms. The van der Waals surface area contributed by atoms with E-state index in [1.807, 2.05) is 35.1 Å². The molecule has 1 aliphatic rings. The summed E-state index contributed by atoms with van der Waals surface area (Å²) < 4.78 is 20.6. The molecule has 2 aromatic carbocycles. The number of nitrogens with one attached hydrogen (secondary N) is 2. The molecule has 1 saturated heterocycles. The Morgan fingerprint density at radius 2 is 1.71 bits per heavy atom. The zero-order valence-corrected chi connectivity index (χ0v) is 20.6. The summed E-state index contributed by atoms with van der Waals surface area (Å²) in [5, 5.41) is 8.28. The molecular formula is C27H29FN6S. The van der Waals surface area contributed by atoms with E-state index in [4.69, 9.17) is 5.10 Å². The molecule has 0 atom stereocenters. The first-order valence-corrected chi connectivity index (χ1v) is 13.0. The highest BCUT2D eigenvalue weighted by Crippen LogP contribution is 2.36. The van der Waals surface area contributed by atoms with Gasteiger partial charge in [-0.15, -0.1) is 0 Å². The number of piperazine rings is 1. The zero-order chi connectivity index (χ0) is 24.0. The number of rotatable bonds is 8. The number of halogens is 1. The summed E-state index contributed by atoms with van der Waals surface area (Å²) in [6.07, 6.45) is 6.40. The molecule has 2 N–H and O–H groups in total. The van der Waals surface area contributed by atoms with Crippen LogP contribution in [0.5, 0.6) is 0 Å². The summed E-state index contributed by atoms with van der Waals surface area (Å²) in [5.41, 5.74) is 5.48. The Labute approximate surface area is 209 Å². The van der Waals surface area contributed by atoms with Gasteiger partial charge in [-0.1, -0.05) is 31.0 Å². The van der Waals surface area contributed by atoms with Crippen molar-refractivity contribution in [3.8, 4) is 28.1 Å². The highest BCUT2D eigenvalue weighted by atomic mass is 32.2. The maximum absolute atomic E-state index is 15.6. The van der Waals surface area contributed by atoms with Gasteiger partial charge in [0.1, 0.15) is 5.69 Å². The van der Waals surface area contributed by atoms with Crippen LogP contribution in [0.4, 0.5) is 15.8 Å². The Morgan fingerprint density at radius 1 is 0.971 bits per heavy atom. The van der Waals surface area contributed by atoms with Crippen molar-refractivity contribution in [2.75, 3.05) is 41.6 Å². The van der Waals surface area contributed by atoms with E-state index in [0.29, 0.717) is 11.3 Å². The average Bonchev–Trinajstić information content (AvgIpc) is 3.36. The third kappa shape index (κ3) is 5.18. The molecule has 0 aliphatic carbocycles. The summed E-state index contributed by atoms with van der Waals surface area (Å²) in [6.45, 7) is 6.09. The predicted molar refractivity (Wildman–Crippen MR) is 144 cm³/mol. The number of benzene rings is 2. The lowest BCUT2D eigenvalue weighted by Crippen LogP contribution is -2.43. The fourth-order valence-electron chi connectivity index (χ4n) is 4.22. The molecule has 3 heterocycles. The number of hydrogen-bond donors (Lipinski definition) is 2. The minimum atomic E-state index is -0.278. The second kappa shape index (κ2) is 10.9. The second-order valence-corrected chi connectivity index (χ2v) is 9.34. The molecule has 180 valence electrons. The van der Waals surface area contributed by atoms with E-state index in [0.717, 1.165) is 60.9 Å². The first-order chi connectivity index (χ1) is 17.2. The van der Waals surface area contributed by atoms with Crippen molar-refractivity contribution in [1.82, 2.24) is 20.1 Å². The van der Waals surface area contributed by atoms with Gasteiger partial charge in [0, 0.05) is 72.9 Å². The number of pyridine rings is 1. The quantitative estimate of drug-likeness (QED) is 0.248. The molecule has 0 saturated carbocycles. The maximum Gasteiger partial charge on any atom is 0.155 e. The van der Waals surface area contributed by atoms with Crippen LogP contribution in [0, 0.1) is 5.82 Å². The third-order valence-corrected chi connectivity index (χ3v) is 7.02. The van der Waals surface area contributed by atoms with Gasteiger partial charge in [0.05, 0.1) is 11.4 Å². The van der Waals surface area contributed by atoms with E-state index >= 15 is 4.39 Å². The van der Waals surface area contributed by atoms with Crippen molar-refractivity contribution < 1.29 is 4.39 Å². The van der Waals surface area contributed by atoms with Gasteiger partial charge in [-0.2, -0.15) is 5.10 Å². The van der Waals surface area contributed by atoms with Crippen LogP contribution in [-0.2, 0) is 0 Å². The van der Waals surface area contributed by atoms with Crippen LogP contribution in [0.15, 0.2) is 73.2 Å². The summed E-state index contributed by atoms with van der Waals surface area (Å²) in [5.74, 6) is 0.633. The van der Waals surface area contributed by atoms with Gasteiger partial charge < -0.3 is 14.9 Å². The van der Waals surface area contributed by atoms with Gasteiger partial charge in [-0.05, 0) is 48.9 Å². The van der Waals surface area contributed by atoms with Crippen LogP contribution in [0.1, 0.15) is 13.3 Å². The van der Waals surface area contributed by atoms with Gasteiger partial charge in [0.25, 0.3) is 0 Å². The van der Waals surface area contributed by atoms with Crippen LogP contribution in [0.25, 0.3) is 28.1 Å². The molecule has 5 rings (SSSR count). The Hall–Kier alpha value is -3.36. The largest absolute Gasteiger partial charge is 0.369 e. The smallest absolute Gasteiger partial charge is 0.155 e. The molecule has 2 aromatic heterocycles. The van der Waals surface area contributed by atoms with E-state index in [-0.39, 0.29) is 5.82 Å². The second-order valence-electron chi connectivity index (χ2n) is 8.44. The highest BCUT2D eigenvalue weighted by Gasteiger charge is 2.19. The first kappa shape index (κ1) is 23.4. The van der Waals surface area contributed by atoms with Crippen molar-refractivity contribution in [2.45, 2.75) is 13.3 Å². The standard InChI is InChI=1S/C27H29FN6S/c1-2-18-35-32-25-5-3-4-23(26(25)28)24-19-34(31-27(24)20-10-12-29-13-11-20)22-8-6-21(7-9-22)33-16-14-30-15-17-33/h3-13,19,30,32H,2,14-18H2,1H3. The number of nitrogens with zero attached hydrogens (tertiary/aromatic N) is 4. The fourth-order valence-corrected chi connectivity index (χ4v) is 4.83. The Balaban J connectivity index is 1.52. The summed E-state index contributed by atoms with van der Waals surface area (Å²) in [4.78, 5) is 6.51. The fraction of sp³-hybridized carbons (Fsp3) is 0.259. The normalized spacial score (nSPS) is 13.7. The Bertz CT molecular complexity index is 1250. The first-order valence-electron chi connectivity index (χ1n) is 12.0. The lowest BCUT2D eigenvalue weighted by Gasteiger charge is -2.29. The minimum Gasteiger partial charge on any atom is -0.369 e. The molecule has 4 aromatic rings. The van der Waals surface area contributed by atoms with Crippen LogP contribution in [-0.4, -0.2) is 46.7 Å². The number of aromatic nitrogens is 3. The van der Waals surface area contributed by atoms with E-state index in [9.17, 15) is 0 Å². The molecule has 6 nitrogen and oxygen atoms in total. The topological polar surface area (TPSA) is 58.0 Å². The lowest BCUT2D eigenvalue weighted by atomic mass is 10.0. The zero-order valence-electron chi connectivity index (χ0n) is 19.7. The minimum absolute atomic E-state index is 0.278. The number of anilines is 2. The summed E-state index contributed by atoms with van der Waals surface area (Å²) >= 11 is 1.51. The van der Waals surface area contributed by atoms with Crippen molar-refractivity contribution >= 4 is 23.3 Å². The van der Waals surface area contributed by atoms with Crippen LogP contribution in [0.2, 0.25) is 0 Å². The number of hydrogen-bond acceptors (Lipinski definition) is 6. The summed E-state index contributed by atoms with van der Waals surface area (Å²) in [6, 6.07) is 17.7. The SMILES string of the molecule is CCCSNc1cccc(-c2cn(-c3ccc(N4CCNCC4)cc3)nc2-c2ccncc2)c1F. The third-order valence-electron chi connectivity index (χ3n) is 6.04. The van der Waals surface area contributed by atoms with E-state index in [1.54, 1.807) is 18.5 Å². The van der Waals surface area contributed by atoms with Crippen molar-refractivity contribution in [1.29, 1.82) is 0 Å². The molecular weight excluding hydrogens is 459 g/mol. The summed E-state index contributed by atoms with van der Waals surface area (Å²) in [7, 11) is 0. The lowest BCUT2D eigenvalue weighted by molar-refractivity contribution is 0.589. The van der Waals surface area contributed by atoms with Gasteiger partial charge in [0.2, 0.25) is 0 Å².